The minimum Gasteiger partial charge on any atom is -0.493 e. The number of fused-ring (bicyclic) bond motifs is 1. The Morgan fingerprint density at radius 3 is 2.25 bits per heavy atom. The Morgan fingerprint density at radius 2 is 1.58 bits per heavy atom. The Morgan fingerprint density at radius 1 is 0.861 bits per heavy atom. The van der Waals surface area contributed by atoms with Crippen LogP contribution in [0.2, 0.25) is 0 Å². The number of carbonyl (C=O) groups excluding carboxylic acids is 2. The summed E-state index contributed by atoms with van der Waals surface area (Å²) in [7, 11) is 4.62. The summed E-state index contributed by atoms with van der Waals surface area (Å²) in [6.07, 6.45) is 0. The first-order valence-electron chi connectivity index (χ1n) is 11.3. The molecule has 0 unspecified atom stereocenters. The van der Waals surface area contributed by atoms with Gasteiger partial charge in [-0.2, -0.15) is 0 Å². The monoisotopic (exact) mass is 486 g/mol. The fraction of sp³-hybridized carbons (Fsp3) is 0.179. The third-order valence-corrected chi connectivity index (χ3v) is 5.55. The summed E-state index contributed by atoms with van der Waals surface area (Å²) in [5, 5.41) is 3.57. The molecule has 8 heteroatoms. The Balaban J connectivity index is 1.78. The van der Waals surface area contributed by atoms with Crippen LogP contribution in [-0.2, 0) is 4.74 Å². The van der Waals surface area contributed by atoms with Crippen molar-refractivity contribution in [2.75, 3.05) is 33.3 Å². The van der Waals surface area contributed by atoms with Crippen LogP contribution in [0.1, 0.15) is 27.6 Å². The van der Waals surface area contributed by atoms with Crippen LogP contribution in [0.4, 0.5) is 5.69 Å². The van der Waals surface area contributed by atoms with E-state index in [0.29, 0.717) is 56.2 Å². The minimum atomic E-state index is -0.451. The zero-order valence-electron chi connectivity index (χ0n) is 20.5. The minimum absolute atomic E-state index is 0.266. The summed E-state index contributed by atoms with van der Waals surface area (Å²) in [4.78, 5) is 30.3. The number of rotatable bonds is 8. The van der Waals surface area contributed by atoms with Gasteiger partial charge in [-0.15, -0.1) is 0 Å². The Kier molecular flexibility index (Phi) is 7.34. The van der Waals surface area contributed by atoms with Gasteiger partial charge in [0.15, 0.2) is 11.5 Å². The van der Waals surface area contributed by atoms with Crippen molar-refractivity contribution >= 4 is 28.5 Å². The van der Waals surface area contributed by atoms with Crippen molar-refractivity contribution in [1.29, 1.82) is 0 Å². The van der Waals surface area contributed by atoms with Crippen molar-refractivity contribution in [1.82, 2.24) is 4.98 Å². The molecule has 4 rings (SSSR count). The molecule has 0 aliphatic carbocycles. The Labute approximate surface area is 208 Å². The quantitative estimate of drug-likeness (QED) is 0.335. The van der Waals surface area contributed by atoms with Crippen molar-refractivity contribution < 1.29 is 28.5 Å². The summed E-state index contributed by atoms with van der Waals surface area (Å²) in [6.45, 7) is 2.01. The van der Waals surface area contributed by atoms with Crippen LogP contribution < -0.4 is 19.5 Å². The van der Waals surface area contributed by atoms with Crippen molar-refractivity contribution in [3.05, 3.63) is 77.9 Å². The summed E-state index contributed by atoms with van der Waals surface area (Å²) in [5.41, 5.74) is 3.14. The highest BCUT2D eigenvalue weighted by Gasteiger charge is 2.19. The zero-order chi connectivity index (χ0) is 25.7. The largest absolute Gasteiger partial charge is 0.493 e. The molecular formula is C28H26N2O6. The maximum atomic E-state index is 13.4. The molecular weight excluding hydrogens is 460 g/mol. The molecule has 4 aromatic rings. The molecule has 1 aromatic heterocycles. The van der Waals surface area contributed by atoms with Crippen LogP contribution in [0.15, 0.2) is 66.7 Å². The number of nitrogens with zero attached hydrogens (tertiary/aromatic N) is 1. The van der Waals surface area contributed by atoms with E-state index in [9.17, 15) is 9.59 Å². The van der Waals surface area contributed by atoms with Gasteiger partial charge in [0.1, 0.15) is 0 Å². The molecule has 0 atom stereocenters. The van der Waals surface area contributed by atoms with E-state index in [2.05, 4.69) is 5.32 Å². The Hall–Kier alpha value is -4.59. The molecule has 8 nitrogen and oxygen atoms in total. The highest BCUT2D eigenvalue weighted by molar-refractivity contribution is 6.13. The summed E-state index contributed by atoms with van der Waals surface area (Å²) < 4.78 is 21.4. The topological polar surface area (TPSA) is 96.0 Å². The number of amides is 1. The molecule has 0 bridgehead atoms. The van der Waals surface area contributed by atoms with Crippen LogP contribution in [0.25, 0.3) is 22.2 Å². The molecule has 0 spiro atoms. The van der Waals surface area contributed by atoms with E-state index in [4.69, 9.17) is 23.9 Å². The third-order valence-electron chi connectivity index (χ3n) is 5.55. The SMILES string of the molecule is CCOC(=O)c1cccc(NC(=O)c2cc(-c3cc(OC)c(OC)c(OC)c3)nc3ccccc23)c1. The number of carbonyl (C=O) groups is 2. The first-order chi connectivity index (χ1) is 17.5. The van der Waals surface area contributed by atoms with E-state index in [1.165, 1.54) is 21.3 Å². The average Bonchev–Trinajstić information content (AvgIpc) is 2.91. The second-order valence-electron chi connectivity index (χ2n) is 7.74. The number of hydrogen-bond donors (Lipinski definition) is 1. The van der Waals surface area contributed by atoms with Crippen molar-refractivity contribution in [3.63, 3.8) is 0 Å². The highest BCUT2D eigenvalue weighted by atomic mass is 16.5. The molecule has 1 amide bonds. The van der Waals surface area contributed by atoms with Crippen molar-refractivity contribution in [2.45, 2.75) is 6.92 Å². The number of hydrogen-bond acceptors (Lipinski definition) is 7. The van der Waals surface area contributed by atoms with Gasteiger partial charge in [0.2, 0.25) is 5.75 Å². The predicted molar refractivity (Wildman–Crippen MR) is 137 cm³/mol. The molecule has 0 aliphatic rings. The summed E-state index contributed by atoms with van der Waals surface area (Å²) >= 11 is 0. The van der Waals surface area contributed by atoms with Crippen molar-refractivity contribution in [3.8, 4) is 28.5 Å². The maximum Gasteiger partial charge on any atom is 0.338 e. The van der Waals surface area contributed by atoms with Gasteiger partial charge in [-0.05, 0) is 49.4 Å². The molecule has 184 valence electrons. The van der Waals surface area contributed by atoms with Gasteiger partial charge in [0.05, 0.1) is 50.3 Å². The normalized spacial score (nSPS) is 10.6. The summed E-state index contributed by atoms with van der Waals surface area (Å²) in [6, 6.07) is 19.3. The van der Waals surface area contributed by atoms with Gasteiger partial charge in [0, 0.05) is 16.6 Å². The summed E-state index contributed by atoms with van der Waals surface area (Å²) in [5.74, 6) is 0.618. The average molecular weight is 487 g/mol. The smallest absolute Gasteiger partial charge is 0.338 e. The van der Waals surface area contributed by atoms with Crippen LogP contribution in [0.5, 0.6) is 17.2 Å². The number of nitrogens with one attached hydrogen (secondary N) is 1. The fourth-order valence-corrected chi connectivity index (χ4v) is 3.88. The molecule has 0 fully saturated rings. The Bertz CT molecular complexity index is 1410. The number of pyridine rings is 1. The first kappa shape index (κ1) is 24.5. The molecule has 0 saturated carbocycles. The first-order valence-corrected chi connectivity index (χ1v) is 11.3. The molecule has 36 heavy (non-hydrogen) atoms. The second kappa shape index (κ2) is 10.8. The van der Waals surface area contributed by atoms with Gasteiger partial charge < -0.3 is 24.3 Å². The van der Waals surface area contributed by atoms with Crippen molar-refractivity contribution in [2.24, 2.45) is 0 Å². The van der Waals surface area contributed by atoms with E-state index in [1.54, 1.807) is 49.4 Å². The molecule has 0 saturated heterocycles. The molecule has 0 aliphatic heterocycles. The second-order valence-corrected chi connectivity index (χ2v) is 7.74. The standard InChI is InChI=1S/C28H26N2O6/c1-5-36-28(32)17-9-8-10-19(13-17)29-27(31)21-16-23(30-22-12-7-6-11-20(21)22)18-14-24(33-2)26(35-4)25(15-18)34-3/h6-16H,5H2,1-4H3,(H,29,31). The number of ether oxygens (including phenoxy) is 4. The lowest BCUT2D eigenvalue weighted by molar-refractivity contribution is 0.0526. The molecule has 1 N–H and O–H groups in total. The predicted octanol–water partition coefficient (Wildman–Crippen LogP) is 5.36. The zero-order valence-corrected chi connectivity index (χ0v) is 20.5. The van der Waals surface area contributed by atoms with Gasteiger partial charge in [-0.3, -0.25) is 4.79 Å². The lowest BCUT2D eigenvalue weighted by Gasteiger charge is -2.15. The highest BCUT2D eigenvalue weighted by Crippen LogP contribution is 2.41. The van der Waals surface area contributed by atoms with Crippen LogP contribution in [0.3, 0.4) is 0 Å². The van der Waals surface area contributed by atoms with Crippen LogP contribution >= 0.6 is 0 Å². The van der Waals surface area contributed by atoms with Gasteiger partial charge in [0.25, 0.3) is 5.91 Å². The molecule has 3 aromatic carbocycles. The lowest BCUT2D eigenvalue weighted by atomic mass is 10.0. The van der Waals surface area contributed by atoms with Crippen LogP contribution in [-0.4, -0.2) is 44.8 Å². The number of esters is 1. The van der Waals surface area contributed by atoms with E-state index >= 15 is 0 Å². The number of benzene rings is 3. The number of aromatic nitrogens is 1. The maximum absolute atomic E-state index is 13.4. The van der Waals surface area contributed by atoms with Gasteiger partial charge in [-0.1, -0.05) is 24.3 Å². The van der Waals surface area contributed by atoms with E-state index in [-0.39, 0.29) is 12.5 Å². The molecule has 1 heterocycles. The number of anilines is 1. The van der Waals surface area contributed by atoms with E-state index in [1.807, 2.05) is 24.3 Å². The number of para-hydroxylation sites is 1. The number of methoxy groups -OCH3 is 3. The lowest BCUT2D eigenvalue weighted by Crippen LogP contribution is -2.14. The van der Waals surface area contributed by atoms with E-state index < -0.39 is 5.97 Å². The third kappa shape index (κ3) is 4.93. The fourth-order valence-electron chi connectivity index (χ4n) is 3.88. The van der Waals surface area contributed by atoms with Crippen LogP contribution in [0, 0.1) is 0 Å². The molecule has 0 radical (unpaired) electrons. The van der Waals surface area contributed by atoms with E-state index in [0.717, 1.165) is 0 Å². The van der Waals surface area contributed by atoms with Gasteiger partial charge >= 0.3 is 5.97 Å². The van der Waals surface area contributed by atoms with Gasteiger partial charge in [-0.25, -0.2) is 9.78 Å².